The van der Waals surface area contributed by atoms with Gasteiger partial charge in [0, 0.05) is 17.8 Å². The van der Waals surface area contributed by atoms with Crippen LogP contribution >= 0.6 is 0 Å². The number of H-pyrrole nitrogens is 1. The van der Waals surface area contributed by atoms with Crippen LogP contribution in [0, 0.1) is 0 Å². The topological polar surface area (TPSA) is 93.6 Å². The molecule has 21 heavy (non-hydrogen) atoms. The van der Waals surface area contributed by atoms with Crippen molar-refractivity contribution in [3.8, 4) is 23.0 Å². The molecule has 0 bridgehead atoms. The summed E-state index contributed by atoms with van der Waals surface area (Å²) in [5.41, 5.74) is 9.24. The van der Waals surface area contributed by atoms with Crippen molar-refractivity contribution in [1.82, 2.24) is 20.3 Å². The summed E-state index contributed by atoms with van der Waals surface area (Å²) in [6.07, 6.45) is 0. The molecule has 0 atom stereocenters. The molecular formula is C15H17N5O. The van der Waals surface area contributed by atoms with Gasteiger partial charge in [-0.2, -0.15) is 10.1 Å². The Balaban J connectivity index is 1.87. The number of hydrogen-bond donors (Lipinski definition) is 2. The second kappa shape index (κ2) is 5.49. The molecule has 0 fully saturated rings. The number of aromatic nitrogens is 4. The van der Waals surface area contributed by atoms with E-state index < -0.39 is 0 Å². The van der Waals surface area contributed by atoms with Gasteiger partial charge >= 0.3 is 0 Å². The number of nitrogens with one attached hydrogen (secondary N) is 1. The van der Waals surface area contributed by atoms with Crippen LogP contribution in [0.3, 0.4) is 0 Å². The van der Waals surface area contributed by atoms with Gasteiger partial charge in [0.05, 0.1) is 0 Å². The summed E-state index contributed by atoms with van der Waals surface area (Å²) in [6, 6.07) is 9.70. The molecular weight excluding hydrogens is 266 g/mol. The molecule has 0 aliphatic heterocycles. The van der Waals surface area contributed by atoms with E-state index >= 15 is 0 Å². The Morgan fingerprint density at radius 2 is 2.00 bits per heavy atom. The van der Waals surface area contributed by atoms with Crippen LogP contribution < -0.4 is 5.73 Å². The fourth-order valence-electron chi connectivity index (χ4n) is 1.98. The highest BCUT2D eigenvalue weighted by molar-refractivity contribution is 5.58. The Hall–Kier alpha value is -2.47. The summed E-state index contributed by atoms with van der Waals surface area (Å²) in [5, 5.41) is 11.2. The maximum absolute atomic E-state index is 5.58. The molecule has 0 saturated carbocycles. The van der Waals surface area contributed by atoms with Crippen molar-refractivity contribution >= 4 is 0 Å². The van der Waals surface area contributed by atoms with Crippen molar-refractivity contribution in [2.45, 2.75) is 26.3 Å². The molecule has 0 saturated heterocycles. The minimum atomic E-state index is 0.373. The van der Waals surface area contributed by atoms with Crippen LogP contribution in [0.1, 0.15) is 31.0 Å². The Morgan fingerprint density at radius 1 is 1.24 bits per heavy atom. The lowest BCUT2D eigenvalue weighted by Gasteiger charge is -1.97. The predicted molar refractivity (Wildman–Crippen MR) is 79.3 cm³/mol. The molecule has 6 heteroatoms. The van der Waals surface area contributed by atoms with Crippen LogP contribution in [0.25, 0.3) is 23.0 Å². The monoisotopic (exact) mass is 283 g/mol. The Morgan fingerprint density at radius 3 is 2.62 bits per heavy atom. The summed E-state index contributed by atoms with van der Waals surface area (Å²) in [6.45, 7) is 4.70. The van der Waals surface area contributed by atoms with Gasteiger partial charge in [-0.05, 0) is 17.5 Å². The van der Waals surface area contributed by atoms with Gasteiger partial charge in [-0.15, -0.1) is 0 Å². The SMILES string of the molecule is CC(C)c1cc(-c2nc(-c3ccc(CN)cc3)no2)n[nH]1. The highest BCUT2D eigenvalue weighted by atomic mass is 16.5. The Labute approximate surface area is 122 Å². The minimum Gasteiger partial charge on any atom is -0.332 e. The zero-order valence-electron chi connectivity index (χ0n) is 12.0. The third-order valence-corrected chi connectivity index (χ3v) is 3.31. The van der Waals surface area contributed by atoms with Crippen LogP contribution in [0.4, 0.5) is 0 Å². The molecule has 0 amide bonds. The lowest BCUT2D eigenvalue weighted by atomic mass is 10.1. The second-order valence-corrected chi connectivity index (χ2v) is 5.19. The van der Waals surface area contributed by atoms with E-state index in [1.54, 1.807) is 0 Å². The molecule has 2 heterocycles. The molecule has 6 nitrogen and oxygen atoms in total. The largest absolute Gasteiger partial charge is 0.332 e. The number of hydrogen-bond acceptors (Lipinski definition) is 5. The smallest absolute Gasteiger partial charge is 0.278 e. The molecule has 108 valence electrons. The summed E-state index contributed by atoms with van der Waals surface area (Å²) in [4.78, 5) is 4.39. The van der Waals surface area contributed by atoms with Gasteiger partial charge < -0.3 is 10.3 Å². The summed E-state index contributed by atoms with van der Waals surface area (Å²) in [5.74, 6) is 1.33. The zero-order chi connectivity index (χ0) is 14.8. The first-order valence-electron chi connectivity index (χ1n) is 6.86. The van der Waals surface area contributed by atoms with E-state index in [2.05, 4.69) is 34.2 Å². The molecule has 3 aromatic rings. The molecule has 0 aliphatic carbocycles. The third kappa shape index (κ3) is 2.71. The first-order chi connectivity index (χ1) is 10.2. The van der Waals surface area contributed by atoms with Crippen molar-refractivity contribution in [1.29, 1.82) is 0 Å². The normalized spacial score (nSPS) is 11.2. The van der Waals surface area contributed by atoms with Crippen molar-refractivity contribution in [2.24, 2.45) is 5.73 Å². The van der Waals surface area contributed by atoms with E-state index in [9.17, 15) is 0 Å². The van der Waals surface area contributed by atoms with Gasteiger partial charge in [0.1, 0.15) is 0 Å². The van der Waals surface area contributed by atoms with Crippen molar-refractivity contribution < 1.29 is 4.52 Å². The number of aromatic amines is 1. The highest BCUT2D eigenvalue weighted by Crippen LogP contribution is 2.23. The van der Waals surface area contributed by atoms with Crippen LogP contribution in [-0.4, -0.2) is 20.3 Å². The number of benzene rings is 1. The maximum Gasteiger partial charge on any atom is 0.278 e. The molecule has 0 radical (unpaired) electrons. The van der Waals surface area contributed by atoms with Gasteiger partial charge in [-0.3, -0.25) is 5.10 Å². The molecule has 3 rings (SSSR count). The minimum absolute atomic E-state index is 0.373. The highest BCUT2D eigenvalue weighted by Gasteiger charge is 2.14. The predicted octanol–water partition coefficient (Wildman–Crippen LogP) is 2.71. The van der Waals surface area contributed by atoms with E-state index in [0.29, 0.717) is 29.9 Å². The van der Waals surface area contributed by atoms with Crippen LogP contribution in [-0.2, 0) is 6.54 Å². The first kappa shape index (κ1) is 13.5. The average molecular weight is 283 g/mol. The molecule has 3 N–H and O–H groups in total. The fraction of sp³-hybridized carbons (Fsp3) is 0.267. The lowest BCUT2D eigenvalue weighted by Crippen LogP contribution is -1.95. The molecule has 0 unspecified atom stereocenters. The second-order valence-electron chi connectivity index (χ2n) is 5.19. The van der Waals surface area contributed by atoms with Crippen LogP contribution in [0.2, 0.25) is 0 Å². The van der Waals surface area contributed by atoms with Crippen molar-refractivity contribution in [3.63, 3.8) is 0 Å². The quantitative estimate of drug-likeness (QED) is 0.767. The van der Waals surface area contributed by atoms with E-state index in [-0.39, 0.29) is 0 Å². The molecule has 2 aromatic heterocycles. The Bertz CT molecular complexity index is 727. The average Bonchev–Trinajstić information content (AvgIpc) is 3.16. The summed E-state index contributed by atoms with van der Waals surface area (Å²) >= 11 is 0. The van der Waals surface area contributed by atoms with Crippen LogP contribution in [0.5, 0.6) is 0 Å². The molecule has 0 aliphatic rings. The van der Waals surface area contributed by atoms with E-state index in [0.717, 1.165) is 16.8 Å². The zero-order valence-corrected chi connectivity index (χ0v) is 12.0. The van der Waals surface area contributed by atoms with Gasteiger partial charge in [0.25, 0.3) is 5.89 Å². The van der Waals surface area contributed by atoms with E-state index in [4.69, 9.17) is 10.3 Å². The number of nitrogens with two attached hydrogens (primary N) is 1. The standard InChI is InChI=1S/C15H17N5O/c1-9(2)12-7-13(19-18-12)15-17-14(20-21-15)11-5-3-10(8-16)4-6-11/h3-7,9H,8,16H2,1-2H3,(H,18,19). The van der Waals surface area contributed by atoms with E-state index in [1.165, 1.54) is 0 Å². The van der Waals surface area contributed by atoms with Crippen LogP contribution in [0.15, 0.2) is 34.9 Å². The van der Waals surface area contributed by atoms with Gasteiger partial charge in [0.2, 0.25) is 5.82 Å². The summed E-state index contributed by atoms with van der Waals surface area (Å²) in [7, 11) is 0. The maximum atomic E-state index is 5.58. The number of nitrogens with zero attached hydrogens (tertiary/aromatic N) is 3. The van der Waals surface area contributed by atoms with Crippen molar-refractivity contribution in [2.75, 3.05) is 0 Å². The van der Waals surface area contributed by atoms with E-state index in [1.807, 2.05) is 30.3 Å². The molecule has 0 spiro atoms. The van der Waals surface area contributed by atoms with Gasteiger partial charge in [-0.1, -0.05) is 43.3 Å². The molecule has 1 aromatic carbocycles. The van der Waals surface area contributed by atoms with Gasteiger partial charge in [0.15, 0.2) is 5.69 Å². The Kier molecular flexibility index (Phi) is 3.53. The lowest BCUT2D eigenvalue weighted by molar-refractivity contribution is 0.431. The fourth-order valence-corrected chi connectivity index (χ4v) is 1.98. The first-order valence-corrected chi connectivity index (χ1v) is 6.86. The third-order valence-electron chi connectivity index (χ3n) is 3.31. The van der Waals surface area contributed by atoms with Crippen molar-refractivity contribution in [3.05, 3.63) is 41.6 Å². The summed E-state index contributed by atoms with van der Waals surface area (Å²) < 4.78 is 5.29. The van der Waals surface area contributed by atoms with Gasteiger partial charge in [-0.25, -0.2) is 0 Å². The number of rotatable bonds is 4.